The van der Waals surface area contributed by atoms with Crippen molar-refractivity contribution in [2.24, 2.45) is 0 Å². The Labute approximate surface area is 144 Å². The molecule has 1 saturated heterocycles. The van der Waals surface area contributed by atoms with Crippen LogP contribution in [0.4, 0.5) is 4.79 Å². The average Bonchev–Trinajstić information content (AvgIpc) is 2.53. The molecule has 24 heavy (non-hydrogen) atoms. The van der Waals surface area contributed by atoms with Crippen molar-refractivity contribution < 1.29 is 19.0 Å². The van der Waals surface area contributed by atoms with Crippen molar-refractivity contribution in [2.45, 2.75) is 38.8 Å². The fraction of sp³-hybridized carbons (Fsp3) is 0.611. The number of nitrogens with one attached hydrogen (secondary N) is 1. The number of methoxy groups -OCH3 is 2. The molecule has 1 amide bonds. The van der Waals surface area contributed by atoms with Gasteiger partial charge in [0, 0.05) is 19.6 Å². The highest BCUT2D eigenvalue weighted by Gasteiger charge is 2.30. The highest BCUT2D eigenvalue weighted by Crippen LogP contribution is 2.28. The lowest BCUT2D eigenvalue weighted by Gasteiger charge is -2.37. The van der Waals surface area contributed by atoms with Gasteiger partial charge in [-0.15, -0.1) is 0 Å². The number of hydrogen-bond acceptors (Lipinski definition) is 5. The third-order valence-corrected chi connectivity index (χ3v) is 3.90. The maximum Gasteiger partial charge on any atom is 0.410 e. The maximum absolute atomic E-state index is 12.5. The SMILES string of the molecule is COc1ccc(C[C@@H]2CNCCN2C(=O)OC(C)(C)C)cc1OC. The van der Waals surface area contributed by atoms with Crippen LogP contribution < -0.4 is 14.8 Å². The number of nitrogens with zero attached hydrogens (tertiary/aromatic N) is 1. The highest BCUT2D eigenvalue weighted by molar-refractivity contribution is 5.69. The Morgan fingerprint density at radius 1 is 1.25 bits per heavy atom. The quantitative estimate of drug-likeness (QED) is 0.915. The van der Waals surface area contributed by atoms with E-state index in [1.165, 1.54) is 0 Å². The highest BCUT2D eigenvalue weighted by atomic mass is 16.6. The van der Waals surface area contributed by atoms with Gasteiger partial charge in [-0.1, -0.05) is 6.07 Å². The Hall–Kier alpha value is -1.95. The molecule has 1 N–H and O–H groups in total. The van der Waals surface area contributed by atoms with E-state index in [1.807, 2.05) is 43.9 Å². The van der Waals surface area contributed by atoms with Gasteiger partial charge in [0.2, 0.25) is 0 Å². The smallest absolute Gasteiger partial charge is 0.410 e. The first-order valence-corrected chi connectivity index (χ1v) is 8.25. The summed E-state index contributed by atoms with van der Waals surface area (Å²) in [5.41, 5.74) is 0.602. The molecule has 1 aromatic rings. The first-order valence-electron chi connectivity index (χ1n) is 8.25. The number of rotatable bonds is 4. The summed E-state index contributed by atoms with van der Waals surface area (Å²) in [4.78, 5) is 14.3. The number of carbonyl (C=O) groups is 1. The van der Waals surface area contributed by atoms with Crippen LogP contribution in [0.5, 0.6) is 11.5 Å². The monoisotopic (exact) mass is 336 g/mol. The van der Waals surface area contributed by atoms with Crippen molar-refractivity contribution in [3.8, 4) is 11.5 Å². The van der Waals surface area contributed by atoms with Gasteiger partial charge >= 0.3 is 6.09 Å². The molecule has 0 saturated carbocycles. The summed E-state index contributed by atoms with van der Waals surface area (Å²) in [6.07, 6.45) is 0.474. The normalized spacial score (nSPS) is 18.2. The zero-order valence-corrected chi connectivity index (χ0v) is 15.2. The molecule has 0 aliphatic carbocycles. The molecule has 1 heterocycles. The van der Waals surface area contributed by atoms with Crippen molar-refractivity contribution in [3.05, 3.63) is 23.8 Å². The second-order valence-corrected chi connectivity index (χ2v) is 6.93. The van der Waals surface area contributed by atoms with Gasteiger partial charge in [-0.05, 0) is 44.9 Å². The Morgan fingerprint density at radius 2 is 1.96 bits per heavy atom. The largest absolute Gasteiger partial charge is 0.493 e. The van der Waals surface area contributed by atoms with Crippen LogP contribution in [0.25, 0.3) is 0 Å². The lowest BCUT2D eigenvalue weighted by atomic mass is 10.0. The Kier molecular flexibility index (Phi) is 5.94. The molecule has 6 heteroatoms. The number of piperazine rings is 1. The zero-order valence-electron chi connectivity index (χ0n) is 15.2. The van der Waals surface area contributed by atoms with E-state index >= 15 is 0 Å². The second-order valence-electron chi connectivity index (χ2n) is 6.93. The van der Waals surface area contributed by atoms with E-state index in [4.69, 9.17) is 14.2 Å². The second kappa shape index (κ2) is 7.75. The van der Waals surface area contributed by atoms with E-state index in [2.05, 4.69) is 5.32 Å². The van der Waals surface area contributed by atoms with Crippen LogP contribution in [0.1, 0.15) is 26.3 Å². The predicted octanol–water partition coefficient (Wildman–Crippen LogP) is 2.46. The Bertz CT molecular complexity index is 569. The van der Waals surface area contributed by atoms with Gasteiger partial charge in [0.1, 0.15) is 5.60 Å². The summed E-state index contributed by atoms with van der Waals surface area (Å²) in [6.45, 7) is 7.82. The first-order chi connectivity index (χ1) is 11.3. The fourth-order valence-electron chi connectivity index (χ4n) is 2.78. The van der Waals surface area contributed by atoms with Crippen molar-refractivity contribution >= 4 is 6.09 Å². The van der Waals surface area contributed by atoms with Crippen LogP contribution in [-0.2, 0) is 11.2 Å². The van der Waals surface area contributed by atoms with E-state index in [1.54, 1.807) is 14.2 Å². The molecule has 0 radical (unpaired) electrons. The lowest BCUT2D eigenvalue weighted by Crippen LogP contribution is -2.55. The van der Waals surface area contributed by atoms with Crippen LogP contribution in [0.15, 0.2) is 18.2 Å². The van der Waals surface area contributed by atoms with Crippen molar-refractivity contribution in [3.63, 3.8) is 0 Å². The molecule has 1 aliphatic heterocycles. The standard InChI is InChI=1S/C18H28N2O4/c1-18(2,3)24-17(21)20-9-8-19-12-14(20)10-13-6-7-15(22-4)16(11-13)23-5/h6-7,11,14,19H,8-10,12H2,1-5H3/t14-/m1/s1. The van der Waals surface area contributed by atoms with Crippen LogP contribution in [-0.4, -0.2) is 56.5 Å². The van der Waals surface area contributed by atoms with Crippen LogP contribution in [0.2, 0.25) is 0 Å². The number of hydrogen-bond donors (Lipinski definition) is 1. The molecule has 1 fully saturated rings. The molecule has 2 rings (SSSR count). The van der Waals surface area contributed by atoms with Crippen LogP contribution in [0, 0.1) is 0 Å². The number of benzene rings is 1. The summed E-state index contributed by atoms with van der Waals surface area (Å²) >= 11 is 0. The van der Waals surface area contributed by atoms with E-state index in [9.17, 15) is 4.79 Å². The minimum Gasteiger partial charge on any atom is -0.493 e. The number of amides is 1. The molecule has 6 nitrogen and oxygen atoms in total. The van der Waals surface area contributed by atoms with Gasteiger partial charge in [0.25, 0.3) is 0 Å². The molecule has 134 valence electrons. The van der Waals surface area contributed by atoms with Crippen molar-refractivity contribution in [1.82, 2.24) is 10.2 Å². The van der Waals surface area contributed by atoms with Gasteiger partial charge in [0.15, 0.2) is 11.5 Å². The average molecular weight is 336 g/mol. The van der Waals surface area contributed by atoms with Gasteiger partial charge in [-0.25, -0.2) is 4.79 Å². The summed E-state index contributed by atoms with van der Waals surface area (Å²) in [7, 11) is 3.24. The number of ether oxygens (including phenoxy) is 3. The van der Waals surface area contributed by atoms with E-state index in [0.717, 1.165) is 25.1 Å². The molecule has 0 bridgehead atoms. The zero-order chi connectivity index (χ0) is 17.7. The van der Waals surface area contributed by atoms with E-state index in [-0.39, 0.29) is 12.1 Å². The molecule has 0 spiro atoms. The third kappa shape index (κ3) is 4.77. The fourth-order valence-corrected chi connectivity index (χ4v) is 2.78. The molecule has 0 unspecified atom stereocenters. The molecular weight excluding hydrogens is 308 g/mol. The Balaban J connectivity index is 2.12. The Morgan fingerprint density at radius 3 is 2.58 bits per heavy atom. The summed E-state index contributed by atoms with van der Waals surface area (Å²) in [5, 5.41) is 3.35. The molecule has 1 aromatic carbocycles. The van der Waals surface area contributed by atoms with Crippen molar-refractivity contribution in [2.75, 3.05) is 33.9 Å². The maximum atomic E-state index is 12.5. The number of carbonyl (C=O) groups excluding carboxylic acids is 1. The topological polar surface area (TPSA) is 60.0 Å². The van der Waals surface area contributed by atoms with Gasteiger partial charge in [0.05, 0.1) is 20.3 Å². The summed E-state index contributed by atoms with van der Waals surface area (Å²) in [6, 6.07) is 5.90. The summed E-state index contributed by atoms with van der Waals surface area (Å²) in [5.74, 6) is 1.40. The van der Waals surface area contributed by atoms with Gasteiger partial charge in [-0.3, -0.25) is 0 Å². The molecular formula is C18H28N2O4. The molecule has 1 atom stereocenters. The minimum atomic E-state index is -0.490. The van der Waals surface area contributed by atoms with Crippen LogP contribution in [0.3, 0.4) is 0 Å². The van der Waals surface area contributed by atoms with E-state index < -0.39 is 5.60 Å². The summed E-state index contributed by atoms with van der Waals surface area (Å²) < 4.78 is 16.2. The molecule has 0 aromatic heterocycles. The predicted molar refractivity (Wildman–Crippen MR) is 92.8 cm³/mol. The van der Waals surface area contributed by atoms with Gasteiger partial charge in [-0.2, -0.15) is 0 Å². The van der Waals surface area contributed by atoms with E-state index in [0.29, 0.717) is 18.0 Å². The minimum absolute atomic E-state index is 0.0479. The molecule has 1 aliphatic rings. The van der Waals surface area contributed by atoms with Gasteiger partial charge < -0.3 is 24.4 Å². The third-order valence-electron chi connectivity index (χ3n) is 3.90. The van der Waals surface area contributed by atoms with Crippen molar-refractivity contribution in [1.29, 1.82) is 0 Å². The van der Waals surface area contributed by atoms with Crippen LogP contribution >= 0.6 is 0 Å². The lowest BCUT2D eigenvalue weighted by molar-refractivity contribution is 0.0122. The first kappa shape index (κ1) is 18.4.